The van der Waals surface area contributed by atoms with Crippen molar-refractivity contribution < 1.29 is 17.9 Å². The maximum absolute atomic E-state index is 13.2. The molecule has 0 aliphatic rings. The number of anilines is 1. The average molecular weight is 430 g/mol. The van der Waals surface area contributed by atoms with E-state index in [-0.39, 0.29) is 16.5 Å². The zero-order chi connectivity index (χ0) is 20.9. The van der Waals surface area contributed by atoms with Gasteiger partial charge >= 0.3 is 0 Å². The van der Waals surface area contributed by atoms with E-state index in [4.69, 9.17) is 21.1 Å². The van der Waals surface area contributed by atoms with E-state index >= 15 is 0 Å². The highest BCUT2D eigenvalue weighted by Crippen LogP contribution is 2.31. The summed E-state index contributed by atoms with van der Waals surface area (Å²) in [5.41, 5.74) is 0.484. The number of sulfonamides is 1. The number of para-hydroxylation sites is 1. The summed E-state index contributed by atoms with van der Waals surface area (Å²) in [7, 11) is -2.38. The van der Waals surface area contributed by atoms with Gasteiger partial charge < -0.3 is 9.47 Å². The molecule has 3 aromatic rings. The molecule has 0 fully saturated rings. The molecule has 3 aromatic carbocycles. The first-order valence-electron chi connectivity index (χ1n) is 8.76. The lowest BCUT2D eigenvalue weighted by Gasteiger charge is -2.23. The fraction of sp³-hybridized carbons (Fsp3) is 0.0909. The Kier molecular flexibility index (Phi) is 6.46. The van der Waals surface area contributed by atoms with E-state index < -0.39 is 10.0 Å². The van der Waals surface area contributed by atoms with Crippen LogP contribution in [0.1, 0.15) is 0 Å². The molecule has 0 heterocycles. The molecule has 0 unspecified atom stereocenters. The van der Waals surface area contributed by atoms with Gasteiger partial charge in [0.15, 0.2) is 0 Å². The lowest BCUT2D eigenvalue weighted by Crippen LogP contribution is -2.31. The third kappa shape index (κ3) is 4.72. The van der Waals surface area contributed by atoms with Gasteiger partial charge in [-0.1, -0.05) is 35.9 Å². The van der Waals surface area contributed by atoms with Crippen LogP contribution in [-0.4, -0.2) is 22.1 Å². The smallest absolute Gasteiger partial charge is 0.264 e. The molecule has 0 aliphatic heterocycles. The molecular formula is C22H20ClNO4S. The van der Waals surface area contributed by atoms with Crippen LogP contribution in [0.5, 0.6) is 17.2 Å². The van der Waals surface area contributed by atoms with Crippen molar-refractivity contribution in [2.24, 2.45) is 0 Å². The predicted molar refractivity (Wildman–Crippen MR) is 116 cm³/mol. The Morgan fingerprint density at radius 1 is 1.00 bits per heavy atom. The third-order valence-corrected chi connectivity index (χ3v) is 6.19. The van der Waals surface area contributed by atoms with Crippen LogP contribution >= 0.6 is 11.6 Å². The summed E-state index contributed by atoms with van der Waals surface area (Å²) in [6, 6.07) is 20.5. The molecule has 0 radical (unpaired) electrons. The molecule has 0 spiro atoms. The van der Waals surface area contributed by atoms with E-state index in [1.54, 1.807) is 24.3 Å². The topological polar surface area (TPSA) is 55.8 Å². The number of methoxy groups -OCH3 is 1. The zero-order valence-corrected chi connectivity index (χ0v) is 17.4. The highest BCUT2D eigenvalue weighted by molar-refractivity contribution is 7.92. The Bertz CT molecular complexity index is 1080. The van der Waals surface area contributed by atoms with Gasteiger partial charge in [0.1, 0.15) is 17.2 Å². The van der Waals surface area contributed by atoms with Crippen molar-refractivity contribution in [3.05, 3.63) is 90.5 Å². The summed E-state index contributed by atoms with van der Waals surface area (Å²) in [6.45, 7) is 3.78. The molecule has 0 bridgehead atoms. The van der Waals surface area contributed by atoms with Gasteiger partial charge in [-0.15, -0.1) is 6.58 Å². The molecule has 29 heavy (non-hydrogen) atoms. The second-order valence-corrected chi connectivity index (χ2v) is 8.30. The minimum atomic E-state index is -3.85. The van der Waals surface area contributed by atoms with Crippen LogP contribution in [0.4, 0.5) is 5.69 Å². The van der Waals surface area contributed by atoms with E-state index in [1.165, 1.54) is 35.7 Å². The second kappa shape index (κ2) is 9.03. The summed E-state index contributed by atoms with van der Waals surface area (Å²) in [5, 5.41) is 0.221. The molecule has 0 saturated heterocycles. The number of ether oxygens (including phenoxy) is 2. The van der Waals surface area contributed by atoms with E-state index in [9.17, 15) is 8.42 Å². The van der Waals surface area contributed by atoms with Crippen LogP contribution in [0.2, 0.25) is 5.02 Å². The van der Waals surface area contributed by atoms with Gasteiger partial charge in [0.25, 0.3) is 10.0 Å². The summed E-state index contributed by atoms with van der Waals surface area (Å²) in [4.78, 5) is 0.0646. The van der Waals surface area contributed by atoms with Gasteiger partial charge in [0, 0.05) is 0 Å². The molecule has 0 N–H and O–H groups in total. The normalized spacial score (nSPS) is 11.0. The highest BCUT2D eigenvalue weighted by atomic mass is 35.5. The van der Waals surface area contributed by atoms with E-state index in [1.807, 2.05) is 30.3 Å². The first-order valence-corrected chi connectivity index (χ1v) is 10.6. The number of rotatable bonds is 8. The Morgan fingerprint density at radius 3 is 2.24 bits per heavy atom. The van der Waals surface area contributed by atoms with E-state index in [2.05, 4.69) is 6.58 Å². The standard InChI is InChI=1S/C22H20ClNO4S/c1-3-15-24(29(25,26)20-13-14-22(27-2)21(23)16-20)17-9-11-19(12-10-17)28-18-7-5-4-6-8-18/h3-14,16H,1,15H2,2H3. The number of hydrogen-bond acceptors (Lipinski definition) is 4. The van der Waals surface area contributed by atoms with Gasteiger partial charge in [-0.2, -0.15) is 0 Å². The van der Waals surface area contributed by atoms with Crippen molar-refractivity contribution in [1.82, 2.24) is 0 Å². The summed E-state index contributed by atoms with van der Waals surface area (Å²) < 4.78 is 38.5. The summed E-state index contributed by atoms with van der Waals surface area (Å²) in [6.07, 6.45) is 1.52. The molecule has 0 saturated carbocycles. The Hall–Kier alpha value is -2.96. The van der Waals surface area contributed by atoms with Crippen molar-refractivity contribution >= 4 is 27.3 Å². The van der Waals surface area contributed by atoms with Crippen LogP contribution < -0.4 is 13.8 Å². The minimum Gasteiger partial charge on any atom is -0.495 e. The van der Waals surface area contributed by atoms with Gasteiger partial charge in [0.2, 0.25) is 0 Å². The Morgan fingerprint density at radius 2 is 1.66 bits per heavy atom. The largest absolute Gasteiger partial charge is 0.495 e. The number of nitrogens with zero attached hydrogens (tertiary/aromatic N) is 1. The van der Waals surface area contributed by atoms with Gasteiger partial charge in [-0.05, 0) is 54.6 Å². The highest BCUT2D eigenvalue weighted by Gasteiger charge is 2.25. The minimum absolute atomic E-state index is 0.0646. The van der Waals surface area contributed by atoms with Crippen LogP contribution in [0.15, 0.2) is 90.3 Å². The van der Waals surface area contributed by atoms with Gasteiger partial charge in [-0.25, -0.2) is 8.42 Å². The molecule has 0 aliphatic carbocycles. The van der Waals surface area contributed by atoms with E-state index in [0.29, 0.717) is 22.9 Å². The van der Waals surface area contributed by atoms with Crippen molar-refractivity contribution in [3.63, 3.8) is 0 Å². The Balaban J connectivity index is 1.90. The average Bonchev–Trinajstić information content (AvgIpc) is 2.73. The molecule has 150 valence electrons. The number of benzene rings is 3. The molecule has 5 nitrogen and oxygen atoms in total. The zero-order valence-electron chi connectivity index (χ0n) is 15.8. The predicted octanol–water partition coefficient (Wildman–Crippen LogP) is 5.52. The lowest BCUT2D eigenvalue weighted by molar-refractivity contribution is 0.414. The number of halogens is 1. The molecule has 0 atom stereocenters. The first-order chi connectivity index (χ1) is 14.0. The molecular weight excluding hydrogens is 410 g/mol. The fourth-order valence-corrected chi connectivity index (χ4v) is 4.48. The van der Waals surface area contributed by atoms with Crippen molar-refractivity contribution in [2.45, 2.75) is 4.90 Å². The van der Waals surface area contributed by atoms with Crippen molar-refractivity contribution in [2.75, 3.05) is 18.0 Å². The monoisotopic (exact) mass is 429 g/mol. The lowest BCUT2D eigenvalue weighted by atomic mass is 10.3. The summed E-state index contributed by atoms with van der Waals surface area (Å²) >= 11 is 6.12. The van der Waals surface area contributed by atoms with Crippen molar-refractivity contribution in [3.8, 4) is 17.2 Å². The van der Waals surface area contributed by atoms with Gasteiger partial charge in [-0.3, -0.25) is 4.31 Å². The molecule has 0 aromatic heterocycles. The van der Waals surface area contributed by atoms with Crippen LogP contribution in [0.3, 0.4) is 0 Å². The SMILES string of the molecule is C=CCN(c1ccc(Oc2ccccc2)cc1)S(=O)(=O)c1ccc(OC)c(Cl)c1. The third-order valence-electron chi connectivity index (χ3n) is 4.11. The molecule has 0 amide bonds. The maximum atomic E-state index is 13.2. The number of hydrogen-bond donors (Lipinski definition) is 0. The second-order valence-electron chi connectivity index (χ2n) is 6.03. The van der Waals surface area contributed by atoms with Crippen LogP contribution in [0, 0.1) is 0 Å². The molecule has 7 heteroatoms. The van der Waals surface area contributed by atoms with Gasteiger partial charge in [0.05, 0.1) is 29.3 Å². The maximum Gasteiger partial charge on any atom is 0.264 e. The summed E-state index contributed by atoms with van der Waals surface area (Å²) in [5.74, 6) is 1.70. The van der Waals surface area contributed by atoms with Crippen LogP contribution in [-0.2, 0) is 10.0 Å². The Labute approximate surface area is 175 Å². The van der Waals surface area contributed by atoms with E-state index in [0.717, 1.165) is 0 Å². The van der Waals surface area contributed by atoms with Crippen molar-refractivity contribution in [1.29, 1.82) is 0 Å². The quantitative estimate of drug-likeness (QED) is 0.442. The first kappa shape index (κ1) is 20.8. The fourth-order valence-electron chi connectivity index (χ4n) is 2.70. The molecule has 3 rings (SSSR count). The van der Waals surface area contributed by atoms with Crippen LogP contribution in [0.25, 0.3) is 0 Å².